The number of rotatable bonds is 3. The summed E-state index contributed by atoms with van der Waals surface area (Å²) >= 11 is 1.97. The van der Waals surface area contributed by atoms with Crippen LogP contribution >= 0.6 is 11.3 Å². The third-order valence-electron chi connectivity index (χ3n) is 4.19. The number of thiophene rings is 1. The third kappa shape index (κ3) is 2.48. The summed E-state index contributed by atoms with van der Waals surface area (Å²) in [5, 5.41) is 0. The van der Waals surface area contributed by atoms with Crippen LogP contribution in [0, 0.1) is 5.92 Å². The molecule has 3 rings (SSSR count). The van der Waals surface area contributed by atoms with E-state index in [0.29, 0.717) is 5.92 Å². The second kappa shape index (κ2) is 5.70. The van der Waals surface area contributed by atoms with E-state index in [0.717, 1.165) is 19.6 Å². The maximum absolute atomic E-state index is 5.77. The molecule has 3 N–H and O–H groups in total. The van der Waals surface area contributed by atoms with Gasteiger partial charge in [-0.15, -0.1) is 11.3 Å². The molecule has 3 nitrogen and oxygen atoms in total. The summed E-state index contributed by atoms with van der Waals surface area (Å²) in [5.41, 5.74) is 4.59. The molecule has 4 heteroatoms. The molecule has 2 aliphatic rings. The molecule has 0 saturated carbocycles. The van der Waals surface area contributed by atoms with E-state index in [4.69, 9.17) is 10.6 Å². The molecule has 0 bridgehead atoms. The van der Waals surface area contributed by atoms with Crippen molar-refractivity contribution < 1.29 is 4.74 Å². The van der Waals surface area contributed by atoms with Crippen LogP contribution in [0.15, 0.2) is 6.07 Å². The zero-order valence-corrected chi connectivity index (χ0v) is 11.6. The van der Waals surface area contributed by atoms with Crippen molar-refractivity contribution in [3.8, 4) is 0 Å². The zero-order chi connectivity index (χ0) is 12.4. The molecule has 18 heavy (non-hydrogen) atoms. The first-order valence-corrected chi connectivity index (χ1v) is 7.85. The zero-order valence-electron chi connectivity index (χ0n) is 10.8. The average molecular weight is 266 g/mol. The van der Waals surface area contributed by atoms with Gasteiger partial charge in [0.15, 0.2) is 0 Å². The van der Waals surface area contributed by atoms with Gasteiger partial charge in [0.2, 0.25) is 0 Å². The summed E-state index contributed by atoms with van der Waals surface area (Å²) in [7, 11) is 0. The molecule has 2 heterocycles. The average Bonchev–Trinajstić information content (AvgIpc) is 2.98. The summed E-state index contributed by atoms with van der Waals surface area (Å²) in [6.45, 7) is 1.73. The number of hydrazine groups is 1. The highest BCUT2D eigenvalue weighted by atomic mass is 32.1. The lowest BCUT2D eigenvalue weighted by atomic mass is 9.97. The number of nitrogens with two attached hydrogens (primary N) is 1. The van der Waals surface area contributed by atoms with Crippen LogP contribution in [-0.4, -0.2) is 13.2 Å². The monoisotopic (exact) mass is 266 g/mol. The summed E-state index contributed by atoms with van der Waals surface area (Å²) < 4.78 is 5.49. The summed E-state index contributed by atoms with van der Waals surface area (Å²) in [6.07, 6.45) is 7.71. The second-order valence-corrected chi connectivity index (χ2v) is 6.59. The fourth-order valence-electron chi connectivity index (χ4n) is 3.11. The van der Waals surface area contributed by atoms with Gasteiger partial charge in [0.05, 0.1) is 12.6 Å². The Morgan fingerprint density at radius 2 is 2.22 bits per heavy atom. The maximum atomic E-state index is 5.77. The molecule has 1 aliphatic heterocycles. The van der Waals surface area contributed by atoms with Gasteiger partial charge in [-0.2, -0.15) is 0 Å². The Kier molecular flexibility index (Phi) is 3.99. The van der Waals surface area contributed by atoms with E-state index in [-0.39, 0.29) is 6.04 Å². The predicted molar refractivity (Wildman–Crippen MR) is 74.6 cm³/mol. The van der Waals surface area contributed by atoms with Crippen molar-refractivity contribution in [2.24, 2.45) is 11.8 Å². The van der Waals surface area contributed by atoms with E-state index >= 15 is 0 Å². The van der Waals surface area contributed by atoms with Crippen molar-refractivity contribution in [2.75, 3.05) is 13.2 Å². The minimum atomic E-state index is 0.282. The van der Waals surface area contributed by atoms with Crippen LogP contribution in [0.5, 0.6) is 0 Å². The van der Waals surface area contributed by atoms with Crippen molar-refractivity contribution in [3.63, 3.8) is 0 Å². The minimum Gasteiger partial charge on any atom is -0.381 e. The largest absolute Gasteiger partial charge is 0.381 e. The van der Waals surface area contributed by atoms with Crippen LogP contribution in [-0.2, 0) is 17.6 Å². The molecular weight excluding hydrogens is 244 g/mol. The predicted octanol–water partition coefficient (Wildman–Crippen LogP) is 2.56. The molecule has 0 radical (unpaired) electrons. The highest BCUT2D eigenvalue weighted by Gasteiger charge is 2.28. The van der Waals surface area contributed by atoms with Crippen molar-refractivity contribution in [1.82, 2.24) is 5.43 Å². The summed E-state index contributed by atoms with van der Waals surface area (Å²) in [6, 6.07) is 2.68. The number of hydrogen-bond acceptors (Lipinski definition) is 4. The number of nitrogens with one attached hydrogen (secondary N) is 1. The quantitative estimate of drug-likeness (QED) is 0.502. The molecule has 1 fully saturated rings. The summed E-state index contributed by atoms with van der Waals surface area (Å²) in [5.74, 6) is 6.31. The van der Waals surface area contributed by atoms with E-state index in [2.05, 4.69) is 11.5 Å². The van der Waals surface area contributed by atoms with Crippen LogP contribution in [0.3, 0.4) is 0 Å². The van der Waals surface area contributed by atoms with E-state index in [9.17, 15) is 0 Å². The van der Waals surface area contributed by atoms with Crippen molar-refractivity contribution in [3.05, 3.63) is 21.4 Å². The molecule has 0 aromatic carbocycles. The van der Waals surface area contributed by atoms with Gasteiger partial charge in [-0.05, 0) is 43.7 Å². The Morgan fingerprint density at radius 3 is 3.00 bits per heavy atom. The normalized spacial score (nSPS) is 25.7. The SMILES string of the molecule is NNC(c1cc2c(s1)CCCCC2)C1CCOC1. The van der Waals surface area contributed by atoms with Gasteiger partial charge in [-0.1, -0.05) is 6.42 Å². The van der Waals surface area contributed by atoms with E-state index < -0.39 is 0 Å². The Morgan fingerprint density at radius 1 is 1.33 bits per heavy atom. The molecule has 0 amide bonds. The van der Waals surface area contributed by atoms with E-state index in [1.54, 1.807) is 10.4 Å². The van der Waals surface area contributed by atoms with Crippen LogP contribution in [0.4, 0.5) is 0 Å². The first-order valence-electron chi connectivity index (χ1n) is 7.04. The Labute approximate surface area is 113 Å². The van der Waals surface area contributed by atoms with Gasteiger partial charge in [-0.3, -0.25) is 11.3 Å². The van der Waals surface area contributed by atoms with Gasteiger partial charge < -0.3 is 4.74 Å². The smallest absolute Gasteiger partial charge is 0.0604 e. The molecule has 1 aliphatic carbocycles. The van der Waals surface area contributed by atoms with Gasteiger partial charge in [0.25, 0.3) is 0 Å². The fourth-order valence-corrected chi connectivity index (χ4v) is 4.52. The molecule has 1 aromatic rings. The Bertz CT molecular complexity index is 375. The van der Waals surface area contributed by atoms with Crippen molar-refractivity contribution in [2.45, 2.75) is 44.6 Å². The molecule has 2 atom stereocenters. The van der Waals surface area contributed by atoms with Crippen LogP contribution in [0.2, 0.25) is 0 Å². The first kappa shape index (κ1) is 12.6. The summed E-state index contributed by atoms with van der Waals surface area (Å²) in [4.78, 5) is 3.02. The molecule has 0 spiro atoms. The lowest BCUT2D eigenvalue weighted by molar-refractivity contribution is 0.177. The highest BCUT2D eigenvalue weighted by Crippen LogP contribution is 2.36. The molecule has 2 unspecified atom stereocenters. The lowest BCUT2D eigenvalue weighted by Crippen LogP contribution is -2.33. The van der Waals surface area contributed by atoms with E-state index in [1.807, 2.05) is 11.3 Å². The van der Waals surface area contributed by atoms with Gasteiger partial charge in [0.1, 0.15) is 0 Å². The number of hydrogen-bond donors (Lipinski definition) is 2. The topological polar surface area (TPSA) is 47.3 Å². The number of ether oxygens (including phenoxy) is 1. The maximum Gasteiger partial charge on any atom is 0.0604 e. The van der Waals surface area contributed by atoms with Crippen LogP contribution in [0.25, 0.3) is 0 Å². The fraction of sp³-hybridized carbons (Fsp3) is 0.714. The molecule has 100 valence electrons. The van der Waals surface area contributed by atoms with Gasteiger partial charge >= 0.3 is 0 Å². The third-order valence-corrected chi connectivity index (χ3v) is 5.51. The molecular formula is C14H22N2OS. The first-order chi connectivity index (χ1) is 8.88. The lowest BCUT2D eigenvalue weighted by Gasteiger charge is -2.20. The van der Waals surface area contributed by atoms with Gasteiger partial charge in [0, 0.05) is 22.3 Å². The van der Waals surface area contributed by atoms with Gasteiger partial charge in [-0.25, -0.2) is 0 Å². The highest BCUT2D eigenvalue weighted by molar-refractivity contribution is 7.12. The molecule has 1 aromatic heterocycles. The second-order valence-electron chi connectivity index (χ2n) is 5.43. The number of aryl methyl sites for hydroxylation is 2. The van der Waals surface area contributed by atoms with Crippen LogP contribution < -0.4 is 11.3 Å². The number of fused-ring (bicyclic) bond motifs is 1. The Balaban J connectivity index is 1.81. The van der Waals surface area contributed by atoms with Crippen molar-refractivity contribution in [1.29, 1.82) is 0 Å². The Hall–Kier alpha value is -0.420. The van der Waals surface area contributed by atoms with Crippen LogP contribution in [0.1, 0.15) is 47.0 Å². The van der Waals surface area contributed by atoms with Crippen molar-refractivity contribution >= 4 is 11.3 Å². The molecule has 1 saturated heterocycles. The minimum absolute atomic E-state index is 0.282. The van der Waals surface area contributed by atoms with E-state index in [1.165, 1.54) is 37.0 Å². The standard InChI is InChI=1S/C14H22N2OS/c15-16-14(11-6-7-17-9-11)13-8-10-4-2-1-3-5-12(10)18-13/h8,11,14,16H,1-7,9,15H2.